The van der Waals surface area contributed by atoms with Gasteiger partial charge in [0, 0.05) is 18.6 Å². The molecule has 10 heteroatoms. The van der Waals surface area contributed by atoms with Crippen LogP contribution in [0.2, 0.25) is 0 Å². The third kappa shape index (κ3) is 3.68. The average molecular weight is 466 g/mol. The lowest BCUT2D eigenvalue weighted by Gasteiger charge is -2.22. The number of amides is 1. The molecule has 2 heterocycles. The van der Waals surface area contributed by atoms with Crippen molar-refractivity contribution in [2.45, 2.75) is 23.1 Å². The van der Waals surface area contributed by atoms with Gasteiger partial charge in [-0.15, -0.1) is 0 Å². The number of sulfone groups is 1. The molecule has 0 fully saturated rings. The maximum Gasteiger partial charge on any atom is 0.269 e. The largest absolute Gasteiger partial charge is 0.454 e. The lowest BCUT2D eigenvalue weighted by Crippen LogP contribution is -2.30. The molecule has 0 saturated carbocycles. The van der Waals surface area contributed by atoms with Crippen molar-refractivity contribution in [2.75, 3.05) is 11.7 Å². The molecule has 3 aromatic carbocycles. The van der Waals surface area contributed by atoms with E-state index < -0.39 is 20.0 Å². The Balaban J connectivity index is 1.56. The minimum absolute atomic E-state index is 0.0560. The highest BCUT2D eigenvalue weighted by atomic mass is 32.2. The predicted molar refractivity (Wildman–Crippen MR) is 118 cm³/mol. The first-order chi connectivity index (χ1) is 15.8. The molecule has 0 bridgehead atoms. The lowest BCUT2D eigenvalue weighted by atomic mass is 10.1. The van der Waals surface area contributed by atoms with Crippen LogP contribution in [0.4, 0.5) is 11.4 Å². The van der Waals surface area contributed by atoms with E-state index in [-0.39, 0.29) is 41.9 Å². The predicted octanol–water partition coefficient (Wildman–Crippen LogP) is 3.78. The van der Waals surface area contributed by atoms with E-state index in [1.165, 1.54) is 23.1 Å². The van der Waals surface area contributed by atoms with Gasteiger partial charge in [0.1, 0.15) is 0 Å². The Morgan fingerprint density at radius 1 is 1.00 bits per heavy atom. The fourth-order valence-electron chi connectivity index (χ4n) is 4.08. The lowest BCUT2D eigenvalue weighted by molar-refractivity contribution is -0.384. The first-order valence-corrected chi connectivity index (χ1v) is 11.7. The molecule has 2 aliphatic rings. The highest BCUT2D eigenvalue weighted by Gasteiger charge is 2.40. The van der Waals surface area contributed by atoms with E-state index in [4.69, 9.17) is 9.47 Å². The van der Waals surface area contributed by atoms with Crippen LogP contribution in [-0.2, 0) is 21.2 Å². The normalized spacial score (nSPS) is 18.5. The van der Waals surface area contributed by atoms with Crippen LogP contribution >= 0.6 is 0 Å². The molecule has 33 heavy (non-hydrogen) atoms. The molecule has 1 unspecified atom stereocenters. The molecule has 0 saturated heterocycles. The van der Waals surface area contributed by atoms with Crippen molar-refractivity contribution in [3.8, 4) is 11.5 Å². The Labute approximate surface area is 189 Å². The third-order valence-corrected chi connectivity index (χ3v) is 7.90. The number of ether oxygens (including phenoxy) is 2. The zero-order chi connectivity index (χ0) is 23.2. The summed E-state index contributed by atoms with van der Waals surface area (Å²) < 4.78 is 38.0. The Morgan fingerprint density at radius 3 is 2.48 bits per heavy atom. The molecule has 0 aromatic heterocycles. The second-order valence-corrected chi connectivity index (χ2v) is 9.82. The summed E-state index contributed by atoms with van der Waals surface area (Å²) in [7, 11) is -3.91. The van der Waals surface area contributed by atoms with Gasteiger partial charge in [-0.25, -0.2) is 8.42 Å². The van der Waals surface area contributed by atoms with Crippen molar-refractivity contribution in [3.05, 3.63) is 88.0 Å². The molecular weight excluding hydrogens is 448 g/mol. The summed E-state index contributed by atoms with van der Waals surface area (Å²) in [5, 5.41) is 9.84. The molecule has 0 aliphatic carbocycles. The molecule has 5 rings (SSSR count). The molecule has 9 nitrogen and oxygen atoms in total. The molecule has 168 valence electrons. The average Bonchev–Trinajstić information content (AvgIpc) is 3.26. The zero-order valence-electron chi connectivity index (χ0n) is 17.2. The van der Waals surface area contributed by atoms with Crippen LogP contribution in [0.25, 0.3) is 0 Å². The second-order valence-electron chi connectivity index (χ2n) is 7.72. The van der Waals surface area contributed by atoms with Crippen LogP contribution in [0, 0.1) is 10.1 Å². The van der Waals surface area contributed by atoms with Gasteiger partial charge in [0.15, 0.2) is 21.3 Å². The van der Waals surface area contributed by atoms with Crippen molar-refractivity contribution < 1.29 is 27.6 Å². The van der Waals surface area contributed by atoms with E-state index >= 15 is 0 Å². The van der Waals surface area contributed by atoms with Gasteiger partial charge in [0.05, 0.1) is 27.3 Å². The van der Waals surface area contributed by atoms with E-state index in [1.54, 1.807) is 48.5 Å². The maximum absolute atomic E-state index is 13.7. The number of nitrogens with zero attached hydrogens (tertiary/aromatic N) is 2. The minimum Gasteiger partial charge on any atom is -0.454 e. The van der Waals surface area contributed by atoms with Crippen LogP contribution in [0.3, 0.4) is 0 Å². The van der Waals surface area contributed by atoms with Gasteiger partial charge >= 0.3 is 0 Å². The fraction of sp³-hybridized carbons (Fsp3) is 0.174. The summed E-state index contributed by atoms with van der Waals surface area (Å²) in [6, 6.07) is 17.1. The summed E-state index contributed by atoms with van der Waals surface area (Å²) in [6.07, 6.45) is -0.260. The van der Waals surface area contributed by atoms with E-state index in [2.05, 4.69) is 0 Å². The fourth-order valence-corrected chi connectivity index (χ4v) is 5.99. The second kappa shape index (κ2) is 7.89. The Morgan fingerprint density at radius 2 is 1.73 bits per heavy atom. The Bertz CT molecular complexity index is 1370. The first kappa shape index (κ1) is 21.0. The summed E-state index contributed by atoms with van der Waals surface area (Å²) in [5.41, 5.74) is 1.30. The van der Waals surface area contributed by atoms with Gasteiger partial charge < -0.3 is 14.4 Å². The van der Waals surface area contributed by atoms with Crippen LogP contribution in [0.5, 0.6) is 11.5 Å². The first-order valence-electron chi connectivity index (χ1n) is 10.1. The number of hydrogen-bond acceptors (Lipinski definition) is 7. The monoisotopic (exact) mass is 466 g/mol. The number of rotatable bonds is 4. The number of benzene rings is 3. The summed E-state index contributed by atoms with van der Waals surface area (Å²) in [6.45, 7) is 0.137. The molecule has 3 aromatic rings. The summed E-state index contributed by atoms with van der Waals surface area (Å²) in [4.78, 5) is 25.3. The van der Waals surface area contributed by atoms with Gasteiger partial charge in [0.2, 0.25) is 12.7 Å². The topological polar surface area (TPSA) is 116 Å². The molecular formula is C23H18N2O7S. The third-order valence-electron chi connectivity index (χ3n) is 5.75. The number of para-hydroxylation sites is 1. The number of non-ortho nitro benzene ring substituents is 1. The SMILES string of the molecule is O=C1CC(c2ccc3c(c2)OCO3)S(=O)(=O)c2ccccc2N1Cc1ccc([N+](=O)[O-])cc1. The van der Waals surface area contributed by atoms with E-state index in [9.17, 15) is 23.3 Å². The number of hydrogen-bond donors (Lipinski definition) is 0. The molecule has 0 N–H and O–H groups in total. The molecule has 1 atom stereocenters. The van der Waals surface area contributed by atoms with Crippen LogP contribution in [0.15, 0.2) is 71.6 Å². The van der Waals surface area contributed by atoms with Crippen molar-refractivity contribution in [2.24, 2.45) is 0 Å². The molecule has 2 aliphatic heterocycles. The Kier molecular flexibility index (Phi) is 5.01. The smallest absolute Gasteiger partial charge is 0.269 e. The molecule has 1 amide bonds. The molecule has 0 radical (unpaired) electrons. The number of carbonyl (C=O) groups is 1. The van der Waals surface area contributed by atoms with Crippen LogP contribution < -0.4 is 14.4 Å². The van der Waals surface area contributed by atoms with Crippen LogP contribution in [-0.4, -0.2) is 26.0 Å². The number of anilines is 1. The van der Waals surface area contributed by atoms with Gasteiger partial charge in [-0.2, -0.15) is 0 Å². The van der Waals surface area contributed by atoms with Gasteiger partial charge in [0.25, 0.3) is 5.69 Å². The van der Waals surface area contributed by atoms with Crippen molar-refractivity contribution >= 4 is 27.1 Å². The number of fused-ring (bicyclic) bond motifs is 2. The van der Waals surface area contributed by atoms with Crippen molar-refractivity contribution in [1.82, 2.24) is 0 Å². The quantitative estimate of drug-likeness (QED) is 0.424. The highest BCUT2D eigenvalue weighted by molar-refractivity contribution is 7.92. The number of nitro groups is 1. The number of nitro benzene ring substituents is 1. The van der Waals surface area contributed by atoms with Gasteiger partial charge in [-0.05, 0) is 35.4 Å². The van der Waals surface area contributed by atoms with E-state index in [0.717, 1.165) is 0 Å². The van der Waals surface area contributed by atoms with Crippen molar-refractivity contribution in [1.29, 1.82) is 0 Å². The number of carbonyl (C=O) groups excluding carboxylic acids is 1. The van der Waals surface area contributed by atoms with Crippen molar-refractivity contribution in [3.63, 3.8) is 0 Å². The highest BCUT2D eigenvalue weighted by Crippen LogP contribution is 2.43. The van der Waals surface area contributed by atoms with Gasteiger partial charge in [-0.1, -0.05) is 30.3 Å². The maximum atomic E-state index is 13.7. The van der Waals surface area contributed by atoms with E-state index in [0.29, 0.717) is 22.6 Å². The summed E-state index contributed by atoms with van der Waals surface area (Å²) >= 11 is 0. The zero-order valence-corrected chi connectivity index (χ0v) is 18.0. The summed E-state index contributed by atoms with van der Waals surface area (Å²) in [5.74, 6) is 0.594. The van der Waals surface area contributed by atoms with E-state index in [1.807, 2.05) is 0 Å². The molecule has 0 spiro atoms. The van der Waals surface area contributed by atoms with Gasteiger partial charge in [-0.3, -0.25) is 14.9 Å². The Hall–Kier alpha value is -3.92. The standard InChI is InChI=1S/C23H18N2O7S/c26-23-12-22(16-7-10-19-20(11-16)32-14-31-19)33(29,30)21-4-2-1-3-18(21)24(23)13-15-5-8-17(9-6-15)25(27)28/h1-11,22H,12-14H2. The minimum atomic E-state index is -3.91. The van der Waals surface area contributed by atoms with Crippen LogP contribution in [0.1, 0.15) is 22.8 Å².